The van der Waals surface area contributed by atoms with Crippen molar-refractivity contribution in [1.82, 2.24) is 9.97 Å². The molecule has 0 fully saturated rings. The number of amides is 1. The second kappa shape index (κ2) is 4.66. The van der Waals surface area contributed by atoms with Gasteiger partial charge in [0.25, 0.3) is 5.91 Å². The Hall–Kier alpha value is -2.47. The summed E-state index contributed by atoms with van der Waals surface area (Å²) >= 11 is 0. The van der Waals surface area contributed by atoms with E-state index in [4.69, 9.17) is 5.11 Å². The first-order chi connectivity index (χ1) is 9.28. The third-order valence-corrected chi connectivity index (χ3v) is 2.88. The molecule has 96 valence electrons. The zero-order valence-electron chi connectivity index (χ0n) is 10.1. The summed E-state index contributed by atoms with van der Waals surface area (Å²) in [5, 5.41) is 14.7. The van der Waals surface area contributed by atoms with Gasteiger partial charge in [0.2, 0.25) is 0 Å². The largest absolute Gasteiger partial charge is 0.396 e. The van der Waals surface area contributed by atoms with Crippen LogP contribution in [0, 0.1) is 0 Å². The van der Waals surface area contributed by atoms with Gasteiger partial charge in [0, 0.05) is 19.0 Å². The Morgan fingerprint density at radius 3 is 2.95 bits per heavy atom. The molecule has 6 nitrogen and oxygen atoms in total. The Morgan fingerprint density at radius 2 is 2.11 bits per heavy atom. The molecule has 0 saturated heterocycles. The van der Waals surface area contributed by atoms with Gasteiger partial charge >= 0.3 is 0 Å². The highest BCUT2D eigenvalue weighted by atomic mass is 16.3. The minimum Gasteiger partial charge on any atom is -0.396 e. The number of pyridine rings is 2. The molecule has 0 saturated carbocycles. The molecule has 1 aliphatic heterocycles. The number of anilines is 3. The fourth-order valence-corrected chi connectivity index (χ4v) is 1.95. The summed E-state index contributed by atoms with van der Waals surface area (Å²) in [4.78, 5) is 20.5. The van der Waals surface area contributed by atoms with Crippen molar-refractivity contribution in [2.75, 3.05) is 17.2 Å². The van der Waals surface area contributed by atoms with E-state index in [0.717, 1.165) is 5.56 Å². The molecule has 0 spiro atoms. The van der Waals surface area contributed by atoms with Crippen molar-refractivity contribution in [3.63, 3.8) is 0 Å². The molecule has 0 aliphatic carbocycles. The topological polar surface area (TPSA) is 87.1 Å². The third-order valence-electron chi connectivity index (χ3n) is 2.88. The van der Waals surface area contributed by atoms with Crippen LogP contribution in [0.25, 0.3) is 0 Å². The van der Waals surface area contributed by atoms with Gasteiger partial charge in [-0.2, -0.15) is 0 Å². The first kappa shape index (κ1) is 11.6. The number of rotatable bonds is 2. The first-order valence-electron chi connectivity index (χ1n) is 5.91. The van der Waals surface area contributed by atoms with Gasteiger partial charge in [-0.05, 0) is 30.2 Å². The van der Waals surface area contributed by atoms with E-state index in [-0.39, 0.29) is 12.5 Å². The standard InChI is InChI=1S/C13H12N4O2/c18-5-3-8-6-9-11(15-7-8)17-12-10(16-13(9)19)2-1-4-14-12/h1-2,4,6-7,18H,3,5H2,(H,16,19)(H,14,15,17). The van der Waals surface area contributed by atoms with Gasteiger partial charge in [-0.1, -0.05) is 0 Å². The molecule has 0 aromatic carbocycles. The third kappa shape index (κ3) is 2.13. The molecule has 2 aromatic rings. The van der Waals surface area contributed by atoms with Gasteiger partial charge in [-0.25, -0.2) is 9.97 Å². The van der Waals surface area contributed by atoms with E-state index in [1.54, 1.807) is 30.6 Å². The molecule has 3 heterocycles. The van der Waals surface area contributed by atoms with Gasteiger partial charge in [0.1, 0.15) is 5.82 Å². The number of carbonyl (C=O) groups excluding carboxylic acids is 1. The minimum atomic E-state index is -0.235. The molecule has 1 aliphatic rings. The zero-order valence-corrected chi connectivity index (χ0v) is 10.1. The van der Waals surface area contributed by atoms with E-state index in [2.05, 4.69) is 20.6 Å². The van der Waals surface area contributed by atoms with Gasteiger partial charge < -0.3 is 15.7 Å². The fraction of sp³-hybridized carbons (Fsp3) is 0.154. The highest BCUT2D eigenvalue weighted by molar-refractivity contribution is 6.11. The number of hydrogen-bond acceptors (Lipinski definition) is 5. The second-order valence-electron chi connectivity index (χ2n) is 4.19. The molecule has 0 atom stereocenters. The number of fused-ring (bicyclic) bond motifs is 2. The monoisotopic (exact) mass is 256 g/mol. The Morgan fingerprint density at radius 1 is 1.21 bits per heavy atom. The number of aliphatic hydroxyl groups is 1. The summed E-state index contributed by atoms with van der Waals surface area (Å²) in [5.41, 5.74) is 1.88. The average molecular weight is 256 g/mol. The van der Waals surface area contributed by atoms with Crippen molar-refractivity contribution in [3.8, 4) is 0 Å². The predicted molar refractivity (Wildman–Crippen MR) is 70.5 cm³/mol. The quantitative estimate of drug-likeness (QED) is 0.754. The van der Waals surface area contributed by atoms with E-state index < -0.39 is 0 Å². The average Bonchev–Trinajstić information content (AvgIpc) is 2.56. The van der Waals surface area contributed by atoms with Crippen molar-refractivity contribution in [3.05, 3.63) is 41.7 Å². The van der Waals surface area contributed by atoms with Crippen molar-refractivity contribution >= 4 is 23.2 Å². The maximum Gasteiger partial charge on any atom is 0.259 e. The van der Waals surface area contributed by atoms with Crippen molar-refractivity contribution < 1.29 is 9.90 Å². The molecule has 1 amide bonds. The lowest BCUT2D eigenvalue weighted by Crippen LogP contribution is -2.12. The summed E-state index contributed by atoms with van der Waals surface area (Å²) in [6, 6.07) is 5.25. The molecular formula is C13H12N4O2. The van der Waals surface area contributed by atoms with Crippen LogP contribution in [0.5, 0.6) is 0 Å². The maximum atomic E-state index is 12.1. The first-order valence-corrected chi connectivity index (χ1v) is 5.91. The zero-order chi connectivity index (χ0) is 13.2. The van der Waals surface area contributed by atoms with Gasteiger partial charge in [-0.3, -0.25) is 4.79 Å². The van der Waals surface area contributed by atoms with E-state index >= 15 is 0 Å². The maximum absolute atomic E-state index is 12.1. The van der Waals surface area contributed by atoms with Crippen LogP contribution < -0.4 is 10.6 Å². The molecule has 3 N–H and O–H groups in total. The van der Waals surface area contributed by atoms with Gasteiger partial charge in [0.05, 0.1) is 11.3 Å². The Bertz CT molecular complexity index is 642. The molecule has 0 unspecified atom stereocenters. The van der Waals surface area contributed by atoms with Crippen LogP contribution in [0.4, 0.5) is 17.3 Å². The van der Waals surface area contributed by atoms with Crippen molar-refractivity contribution in [2.45, 2.75) is 6.42 Å². The second-order valence-corrected chi connectivity index (χ2v) is 4.19. The van der Waals surface area contributed by atoms with E-state index in [1.165, 1.54) is 0 Å². The molecule has 19 heavy (non-hydrogen) atoms. The van der Waals surface area contributed by atoms with Crippen LogP contribution >= 0.6 is 0 Å². The van der Waals surface area contributed by atoms with E-state index in [1.807, 2.05) is 0 Å². The molecule has 0 bridgehead atoms. The summed E-state index contributed by atoms with van der Waals surface area (Å²) in [6.45, 7) is 0.0251. The molecule has 2 aromatic heterocycles. The number of carbonyl (C=O) groups is 1. The van der Waals surface area contributed by atoms with Gasteiger partial charge in [0.15, 0.2) is 5.82 Å². The number of nitrogens with one attached hydrogen (secondary N) is 2. The lowest BCUT2D eigenvalue weighted by atomic mass is 10.1. The van der Waals surface area contributed by atoms with Crippen LogP contribution in [0.1, 0.15) is 15.9 Å². The summed E-state index contributed by atoms with van der Waals surface area (Å²) in [5.74, 6) is 0.801. The molecule has 6 heteroatoms. The fourth-order valence-electron chi connectivity index (χ4n) is 1.95. The molecule has 0 radical (unpaired) electrons. The molecule has 3 rings (SSSR count). The van der Waals surface area contributed by atoms with Crippen molar-refractivity contribution in [1.29, 1.82) is 0 Å². The Kier molecular flexibility index (Phi) is 2.85. The number of aromatic nitrogens is 2. The number of aliphatic hydroxyl groups excluding tert-OH is 1. The molecular weight excluding hydrogens is 244 g/mol. The lowest BCUT2D eigenvalue weighted by molar-refractivity contribution is 0.102. The Labute approximate surface area is 109 Å². The number of nitrogens with zero attached hydrogens (tertiary/aromatic N) is 2. The summed E-state index contributed by atoms with van der Waals surface area (Å²) in [7, 11) is 0. The van der Waals surface area contributed by atoms with Crippen LogP contribution in [0.15, 0.2) is 30.6 Å². The normalized spacial score (nSPS) is 12.8. The van der Waals surface area contributed by atoms with Crippen molar-refractivity contribution in [2.24, 2.45) is 0 Å². The minimum absolute atomic E-state index is 0.0251. The van der Waals surface area contributed by atoms with Crippen LogP contribution in [-0.2, 0) is 6.42 Å². The highest BCUT2D eigenvalue weighted by Crippen LogP contribution is 2.28. The van der Waals surface area contributed by atoms with Crippen LogP contribution in [0.3, 0.4) is 0 Å². The Balaban J connectivity index is 2.06. The lowest BCUT2D eigenvalue weighted by Gasteiger charge is -2.07. The van der Waals surface area contributed by atoms with E-state index in [9.17, 15) is 4.79 Å². The predicted octanol–water partition coefficient (Wildman–Crippen LogP) is 1.32. The number of hydrogen-bond donors (Lipinski definition) is 3. The smallest absolute Gasteiger partial charge is 0.259 e. The van der Waals surface area contributed by atoms with E-state index in [0.29, 0.717) is 29.3 Å². The summed E-state index contributed by atoms with van der Waals surface area (Å²) in [6.07, 6.45) is 3.76. The highest BCUT2D eigenvalue weighted by Gasteiger charge is 2.20. The van der Waals surface area contributed by atoms with Gasteiger partial charge in [-0.15, -0.1) is 0 Å². The SMILES string of the molecule is O=C1Nc2cccnc2Nc2ncc(CCO)cc21. The summed E-state index contributed by atoms with van der Waals surface area (Å²) < 4.78 is 0. The van der Waals surface area contributed by atoms with Crippen LogP contribution in [-0.4, -0.2) is 27.6 Å². The van der Waals surface area contributed by atoms with Crippen LogP contribution in [0.2, 0.25) is 0 Å².